The third kappa shape index (κ3) is 3.46. The first-order valence-corrected chi connectivity index (χ1v) is 4.37. The van der Waals surface area contributed by atoms with Gasteiger partial charge in [-0.3, -0.25) is 0 Å². The Bertz CT molecular complexity index is 99.6. The summed E-state index contributed by atoms with van der Waals surface area (Å²) in [4.78, 5) is 31.1. The zero-order chi connectivity index (χ0) is 7.71. The minimum Gasteiger partial charge on any atom is -0.687 e. The second-order valence-electron chi connectivity index (χ2n) is 2.66. The molecule has 0 spiro atoms. The van der Waals surface area contributed by atoms with Gasteiger partial charge in [-0.1, -0.05) is 6.92 Å². The van der Waals surface area contributed by atoms with E-state index in [2.05, 4.69) is 0 Å². The van der Waals surface area contributed by atoms with Crippen LogP contribution in [-0.4, -0.2) is 28.2 Å². The van der Waals surface area contributed by atoms with Crippen LogP contribution in [0.15, 0.2) is 0 Å². The van der Waals surface area contributed by atoms with E-state index in [1.807, 2.05) is 0 Å². The average Bonchev–Trinajstić information content (AvgIpc) is 1.64. The molecule has 0 rings (SSSR count). The van der Waals surface area contributed by atoms with Crippen LogP contribution in [0.1, 0.15) is 27.2 Å². The van der Waals surface area contributed by atoms with Crippen molar-refractivity contribution in [1.82, 2.24) is 0 Å². The molecule has 0 N–H and O–H groups in total. The molecule has 0 radical (unpaired) electrons. The molecular weight excluding hydrogens is 163 g/mol. The van der Waals surface area contributed by atoms with E-state index in [9.17, 15) is 14.7 Å². The van der Waals surface area contributed by atoms with Crippen molar-refractivity contribution in [1.29, 1.82) is 0 Å². The van der Waals surface area contributed by atoms with Gasteiger partial charge in [-0.2, -0.15) is 7.94 Å². The van der Waals surface area contributed by atoms with Gasteiger partial charge in [-0.25, -0.2) is 0 Å². The van der Waals surface area contributed by atoms with Gasteiger partial charge in [0.25, 0.3) is 0 Å². The third-order valence-electron chi connectivity index (χ3n) is 1.61. The van der Waals surface area contributed by atoms with Gasteiger partial charge in [-0.15, -0.1) is 0 Å². The summed E-state index contributed by atoms with van der Waals surface area (Å²) in [5, 5.41) is -1.08. The molecule has 0 aliphatic rings. The molecule has 0 bridgehead atoms. The van der Waals surface area contributed by atoms with Crippen molar-refractivity contribution < 1.29 is 14.7 Å². The Hall–Kier alpha value is 1.08. The summed E-state index contributed by atoms with van der Waals surface area (Å²) >= 11 is 0. The molecule has 0 saturated heterocycles. The van der Waals surface area contributed by atoms with E-state index in [0.717, 1.165) is 0 Å². The van der Waals surface area contributed by atoms with Crippen molar-refractivity contribution in [2.45, 2.75) is 32.3 Å². The van der Waals surface area contributed by atoms with Gasteiger partial charge in [0.05, 0.1) is 5.16 Å². The molecule has 0 unspecified atom stereocenters. The predicted molar refractivity (Wildman–Crippen MR) is 37.0 cm³/mol. The minimum atomic E-state index is -4.37. The van der Waals surface area contributed by atoms with Gasteiger partial charge < -0.3 is 14.7 Å². The Kier molecular flexibility index (Phi) is 5.72. The molecule has 0 amide bonds. The van der Waals surface area contributed by atoms with Gasteiger partial charge in [0.1, 0.15) is 0 Å². The molecule has 0 aliphatic carbocycles. The molecule has 0 aromatic rings. The zero-order valence-corrected chi connectivity index (χ0v) is 8.89. The van der Waals surface area contributed by atoms with Crippen molar-refractivity contribution in [3.63, 3.8) is 0 Å². The molecule has 0 atom stereocenters. The minimum absolute atomic E-state index is 0. The fourth-order valence-electron chi connectivity index (χ4n) is 0.194. The van der Waals surface area contributed by atoms with E-state index in [-0.39, 0.29) is 23.1 Å². The number of rotatable bonds is 2. The first-order chi connectivity index (χ1) is 3.81. The molecule has 10 heavy (non-hydrogen) atoms. The number of hydrogen-bond acceptors (Lipinski definition) is 3. The van der Waals surface area contributed by atoms with Crippen molar-refractivity contribution in [2.75, 3.05) is 0 Å². The van der Waals surface area contributed by atoms with Gasteiger partial charge in [0, 0.05) is 0 Å². The van der Waals surface area contributed by atoms with E-state index in [4.69, 9.17) is 0 Å². The molecule has 0 aromatic carbocycles. The molecule has 0 fully saturated rings. The smallest absolute Gasteiger partial charge is 0.687 e. The fourth-order valence-corrected chi connectivity index (χ4v) is 0.581. The first-order valence-electron chi connectivity index (χ1n) is 2.83. The second kappa shape index (κ2) is 4.19. The zero-order valence-electron chi connectivity index (χ0n) is 6.59. The van der Waals surface area contributed by atoms with Gasteiger partial charge in [0.2, 0.25) is 0 Å². The monoisotopic (exact) mass is 174 g/mol. The topological polar surface area (TPSA) is 69.2 Å². The Morgan fingerprint density at radius 3 is 1.50 bits per heavy atom. The van der Waals surface area contributed by atoms with Crippen LogP contribution in [0.3, 0.4) is 0 Å². The summed E-state index contributed by atoms with van der Waals surface area (Å²) in [7, 11) is -4.37. The Labute approximate surface area is 78.2 Å². The fraction of sp³-hybridized carbons (Fsp3) is 1.00. The predicted octanol–water partition coefficient (Wildman–Crippen LogP) is -1.36. The van der Waals surface area contributed by atoms with Gasteiger partial charge in [-0.05, 0) is 20.3 Å². The van der Waals surface area contributed by atoms with Crippen molar-refractivity contribution in [2.24, 2.45) is 0 Å². The molecule has 3 nitrogen and oxygen atoms in total. The molecule has 5 heteroatoms. The van der Waals surface area contributed by atoms with Crippen LogP contribution < -0.4 is 14.7 Å². The summed E-state index contributed by atoms with van der Waals surface area (Å²) < 4.78 is 0. The van der Waals surface area contributed by atoms with Crippen molar-refractivity contribution >= 4 is 31.0 Å². The van der Waals surface area contributed by atoms with Crippen LogP contribution in [0.25, 0.3) is 0 Å². The quantitative estimate of drug-likeness (QED) is 0.383. The van der Waals surface area contributed by atoms with E-state index in [1.54, 1.807) is 6.92 Å². The Morgan fingerprint density at radius 1 is 1.20 bits per heavy atom. The third-order valence-corrected chi connectivity index (χ3v) is 3.41. The summed E-state index contributed by atoms with van der Waals surface area (Å²) in [6.07, 6.45) is 0.372. The van der Waals surface area contributed by atoms with Crippen molar-refractivity contribution in [3.8, 4) is 0 Å². The van der Waals surface area contributed by atoms with Crippen LogP contribution in [0, 0.1) is 0 Å². The standard InChI is InChI=1S/C5H13O3P.Mg/c1-4-5(2,3)9(6,7)8;/h4H2,1-3H3,(H2,6,7,8);/q;+2/p-2. The Balaban J connectivity index is 0. The summed E-state index contributed by atoms with van der Waals surface area (Å²) in [6.45, 7) is 4.56. The maximum absolute atomic E-state index is 10.4. The van der Waals surface area contributed by atoms with Crippen LogP contribution in [0.2, 0.25) is 0 Å². The molecule has 56 valence electrons. The summed E-state index contributed by atoms with van der Waals surface area (Å²) in [5.41, 5.74) is 0. The summed E-state index contributed by atoms with van der Waals surface area (Å²) in [5.74, 6) is 0. The van der Waals surface area contributed by atoms with E-state index >= 15 is 0 Å². The molecule has 0 heterocycles. The van der Waals surface area contributed by atoms with Crippen molar-refractivity contribution in [3.05, 3.63) is 0 Å². The van der Waals surface area contributed by atoms with E-state index < -0.39 is 13.1 Å². The summed E-state index contributed by atoms with van der Waals surface area (Å²) in [6, 6.07) is 0. The average molecular weight is 174 g/mol. The molecule has 0 saturated carbocycles. The second-order valence-corrected chi connectivity index (χ2v) is 4.87. The largest absolute Gasteiger partial charge is 2.00 e. The van der Waals surface area contributed by atoms with Gasteiger partial charge in [0.15, 0.2) is 0 Å². The molecule has 0 aromatic heterocycles. The van der Waals surface area contributed by atoms with Crippen LogP contribution >= 0.6 is 7.94 Å². The van der Waals surface area contributed by atoms with E-state index in [1.165, 1.54) is 13.8 Å². The van der Waals surface area contributed by atoms with Crippen LogP contribution in [-0.2, 0) is 0 Å². The first kappa shape index (κ1) is 13.7. The maximum atomic E-state index is 10.4. The number of hydrogen-bond donors (Lipinski definition) is 0. The van der Waals surface area contributed by atoms with Crippen LogP contribution in [0.5, 0.6) is 0 Å². The molecular formula is C5H11MgO3P. The maximum Gasteiger partial charge on any atom is 2.00 e. The Morgan fingerprint density at radius 2 is 1.50 bits per heavy atom. The van der Waals surface area contributed by atoms with Gasteiger partial charge >= 0.3 is 23.1 Å². The SMILES string of the molecule is CCC(C)(C)[P+]([O-])([O-])[O-].[Mg+2]. The molecule has 0 aliphatic heterocycles. The van der Waals surface area contributed by atoms with Crippen LogP contribution in [0.4, 0.5) is 0 Å². The normalized spacial score (nSPS) is 12.6. The van der Waals surface area contributed by atoms with E-state index in [0.29, 0.717) is 6.42 Å².